The smallest absolute Gasteiger partial charge is 0.273 e. The van der Waals surface area contributed by atoms with E-state index < -0.39 is 11.7 Å². The van der Waals surface area contributed by atoms with Crippen LogP contribution in [0, 0.1) is 12.7 Å². The van der Waals surface area contributed by atoms with Crippen molar-refractivity contribution < 1.29 is 23.1 Å². The summed E-state index contributed by atoms with van der Waals surface area (Å²) < 4.78 is 23.4. The van der Waals surface area contributed by atoms with E-state index in [4.69, 9.17) is 20.8 Å². The van der Waals surface area contributed by atoms with Crippen molar-refractivity contribution >= 4 is 23.4 Å². The zero-order valence-electron chi connectivity index (χ0n) is 14.0. The number of hydrogen-bond acceptors (Lipinski definition) is 5. The van der Waals surface area contributed by atoms with Crippen LogP contribution in [-0.2, 0) is 4.79 Å². The third-order valence-corrected chi connectivity index (χ3v) is 3.45. The Kier molecular flexibility index (Phi) is 6.74. The van der Waals surface area contributed by atoms with E-state index in [1.165, 1.54) is 18.4 Å². The summed E-state index contributed by atoms with van der Waals surface area (Å²) in [4.78, 5) is 27.4. The van der Waals surface area contributed by atoms with Gasteiger partial charge < -0.3 is 19.8 Å². The van der Waals surface area contributed by atoms with Crippen LogP contribution in [0.2, 0.25) is 5.02 Å². The molecule has 0 atom stereocenters. The number of carbonyl (C=O) groups is 2. The van der Waals surface area contributed by atoms with E-state index in [2.05, 4.69) is 22.2 Å². The predicted octanol–water partition coefficient (Wildman–Crippen LogP) is 2.60. The molecule has 0 radical (unpaired) electrons. The summed E-state index contributed by atoms with van der Waals surface area (Å²) in [5.74, 6) is -0.889. The Morgan fingerprint density at radius 2 is 2.19 bits per heavy atom. The monoisotopic (exact) mass is 381 g/mol. The van der Waals surface area contributed by atoms with E-state index in [1.54, 1.807) is 6.92 Å². The van der Waals surface area contributed by atoms with Crippen LogP contribution in [0.1, 0.15) is 22.8 Å². The van der Waals surface area contributed by atoms with Crippen molar-refractivity contribution in [3.8, 4) is 5.75 Å². The number of carbonyl (C=O) groups excluding carboxylic acids is 2. The fourth-order valence-electron chi connectivity index (χ4n) is 1.90. The zero-order chi connectivity index (χ0) is 19.1. The lowest BCUT2D eigenvalue weighted by atomic mass is 10.3. The molecule has 0 fully saturated rings. The van der Waals surface area contributed by atoms with E-state index in [0.717, 1.165) is 6.07 Å². The minimum absolute atomic E-state index is 0.0296. The number of amides is 2. The lowest BCUT2D eigenvalue weighted by Gasteiger charge is -2.10. The Morgan fingerprint density at radius 3 is 2.85 bits per heavy atom. The Hall–Kier alpha value is -2.87. The maximum Gasteiger partial charge on any atom is 0.273 e. The second-order valence-corrected chi connectivity index (χ2v) is 5.68. The number of hydrogen-bond donors (Lipinski definition) is 2. The highest BCUT2D eigenvalue weighted by Gasteiger charge is 2.10. The second kappa shape index (κ2) is 9.00. The van der Waals surface area contributed by atoms with Crippen molar-refractivity contribution in [2.24, 2.45) is 0 Å². The van der Waals surface area contributed by atoms with Crippen LogP contribution in [0.25, 0.3) is 0 Å². The van der Waals surface area contributed by atoms with Gasteiger partial charge in [0.2, 0.25) is 0 Å². The van der Waals surface area contributed by atoms with Crippen molar-refractivity contribution in [3.63, 3.8) is 0 Å². The standard InChI is InChI=1S/C17H17ClFN3O4/c1-10(5-6-20-17(24)15-8-25-11(2)22-15)21-16(23)9-26-12-3-4-13(18)14(19)7-12/h3-4,7-8H,1,5-6,9H2,2H3,(H,20,24)(H,21,23). The lowest BCUT2D eigenvalue weighted by Crippen LogP contribution is -2.31. The van der Waals surface area contributed by atoms with Crippen molar-refractivity contribution in [3.05, 3.63) is 59.2 Å². The molecule has 26 heavy (non-hydrogen) atoms. The van der Waals surface area contributed by atoms with Gasteiger partial charge in [-0.15, -0.1) is 0 Å². The summed E-state index contributed by atoms with van der Waals surface area (Å²) in [6.45, 7) is 5.27. The maximum atomic E-state index is 13.3. The molecule has 1 heterocycles. The van der Waals surface area contributed by atoms with Crippen LogP contribution in [0.3, 0.4) is 0 Å². The quantitative estimate of drug-likeness (QED) is 0.733. The Morgan fingerprint density at radius 1 is 1.42 bits per heavy atom. The van der Waals surface area contributed by atoms with Crippen molar-refractivity contribution in [1.82, 2.24) is 15.6 Å². The number of ether oxygens (including phenoxy) is 1. The average Bonchev–Trinajstić information content (AvgIpc) is 3.02. The fraction of sp³-hybridized carbons (Fsp3) is 0.235. The minimum atomic E-state index is -0.632. The van der Waals surface area contributed by atoms with Crippen LogP contribution in [0.15, 0.2) is 41.2 Å². The number of benzene rings is 1. The van der Waals surface area contributed by atoms with Crippen LogP contribution < -0.4 is 15.4 Å². The minimum Gasteiger partial charge on any atom is -0.484 e. The SMILES string of the molecule is C=C(CCNC(=O)c1coc(C)n1)NC(=O)COc1ccc(Cl)c(F)c1. The summed E-state index contributed by atoms with van der Waals surface area (Å²) in [6.07, 6.45) is 1.59. The van der Waals surface area contributed by atoms with Gasteiger partial charge in [0.25, 0.3) is 11.8 Å². The number of nitrogens with one attached hydrogen (secondary N) is 2. The molecule has 2 aromatic rings. The Bertz CT molecular complexity index is 822. The highest BCUT2D eigenvalue weighted by atomic mass is 35.5. The van der Waals surface area contributed by atoms with Gasteiger partial charge in [0.05, 0.1) is 5.02 Å². The van der Waals surface area contributed by atoms with Crippen molar-refractivity contribution in [2.45, 2.75) is 13.3 Å². The molecule has 0 aliphatic heterocycles. The molecule has 9 heteroatoms. The molecule has 1 aromatic heterocycles. The van der Waals surface area contributed by atoms with Crippen LogP contribution in [0.4, 0.5) is 4.39 Å². The van der Waals surface area contributed by atoms with Gasteiger partial charge in [-0.3, -0.25) is 9.59 Å². The molecule has 0 bridgehead atoms. The molecule has 0 unspecified atom stereocenters. The third-order valence-electron chi connectivity index (χ3n) is 3.14. The van der Waals surface area contributed by atoms with Gasteiger partial charge in [-0.1, -0.05) is 18.2 Å². The average molecular weight is 382 g/mol. The fourth-order valence-corrected chi connectivity index (χ4v) is 2.01. The van der Waals surface area contributed by atoms with Gasteiger partial charge in [0, 0.05) is 31.7 Å². The van der Waals surface area contributed by atoms with Gasteiger partial charge in [-0.05, 0) is 12.1 Å². The molecule has 1 aromatic carbocycles. The first-order valence-electron chi connectivity index (χ1n) is 7.61. The summed E-state index contributed by atoms with van der Waals surface area (Å²) in [6, 6.07) is 3.88. The molecular weight excluding hydrogens is 365 g/mol. The van der Waals surface area contributed by atoms with Crippen LogP contribution >= 0.6 is 11.6 Å². The van der Waals surface area contributed by atoms with E-state index in [0.29, 0.717) is 18.0 Å². The first-order chi connectivity index (χ1) is 12.3. The number of oxazole rings is 1. The predicted molar refractivity (Wildman–Crippen MR) is 92.4 cm³/mol. The van der Waals surface area contributed by atoms with Gasteiger partial charge in [0.15, 0.2) is 18.2 Å². The normalized spacial score (nSPS) is 10.3. The molecular formula is C17H17ClFN3O4. The molecule has 0 saturated carbocycles. The molecule has 7 nitrogen and oxygen atoms in total. The number of nitrogens with zero attached hydrogens (tertiary/aromatic N) is 1. The Balaban J connectivity index is 1.67. The highest BCUT2D eigenvalue weighted by molar-refractivity contribution is 6.30. The summed E-state index contributed by atoms with van der Waals surface area (Å²) in [5.41, 5.74) is 0.582. The van der Waals surface area contributed by atoms with Gasteiger partial charge in [0.1, 0.15) is 17.8 Å². The molecule has 2 rings (SSSR count). The largest absolute Gasteiger partial charge is 0.484 e. The number of rotatable bonds is 8. The molecule has 0 aliphatic carbocycles. The Labute approximate surface area is 154 Å². The molecule has 0 spiro atoms. The number of aryl methyl sites for hydroxylation is 1. The van der Waals surface area contributed by atoms with E-state index >= 15 is 0 Å². The second-order valence-electron chi connectivity index (χ2n) is 5.27. The number of aromatic nitrogens is 1. The van der Waals surface area contributed by atoms with Crippen molar-refractivity contribution in [1.29, 1.82) is 0 Å². The summed E-state index contributed by atoms with van der Waals surface area (Å²) >= 11 is 5.56. The van der Waals surface area contributed by atoms with Crippen LogP contribution in [0.5, 0.6) is 5.75 Å². The van der Waals surface area contributed by atoms with Crippen LogP contribution in [-0.4, -0.2) is 29.9 Å². The molecule has 2 N–H and O–H groups in total. The zero-order valence-corrected chi connectivity index (χ0v) is 14.7. The summed E-state index contributed by atoms with van der Waals surface area (Å²) in [7, 11) is 0. The lowest BCUT2D eigenvalue weighted by molar-refractivity contribution is -0.122. The van der Waals surface area contributed by atoms with E-state index in [-0.39, 0.29) is 35.5 Å². The van der Waals surface area contributed by atoms with Gasteiger partial charge in [-0.2, -0.15) is 0 Å². The third kappa shape index (κ3) is 5.89. The molecule has 2 amide bonds. The first-order valence-corrected chi connectivity index (χ1v) is 7.98. The van der Waals surface area contributed by atoms with E-state index in [1.807, 2.05) is 0 Å². The maximum absolute atomic E-state index is 13.3. The molecule has 0 aliphatic rings. The van der Waals surface area contributed by atoms with E-state index in [9.17, 15) is 14.0 Å². The highest BCUT2D eigenvalue weighted by Crippen LogP contribution is 2.20. The topological polar surface area (TPSA) is 93.5 Å². The number of halogens is 2. The first kappa shape index (κ1) is 19.5. The summed E-state index contributed by atoms with van der Waals surface area (Å²) in [5, 5.41) is 5.13. The van der Waals surface area contributed by atoms with Crippen molar-refractivity contribution in [2.75, 3.05) is 13.2 Å². The van der Waals surface area contributed by atoms with Gasteiger partial charge >= 0.3 is 0 Å². The molecule has 0 saturated heterocycles. The van der Waals surface area contributed by atoms with Gasteiger partial charge in [-0.25, -0.2) is 9.37 Å². The molecule has 138 valence electrons.